The third-order valence-corrected chi connectivity index (χ3v) is 3.65. The molecule has 0 spiro atoms. The van der Waals surface area contributed by atoms with Crippen LogP contribution in [0.2, 0.25) is 0 Å². The van der Waals surface area contributed by atoms with Gasteiger partial charge < -0.3 is 10.6 Å². The third-order valence-electron chi connectivity index (χ3n) is 3.65. The number of aromatic nitrogens is 2. The van der Waals surface area contributed by atoms with E-state index in [1.165, 1.54) is 0 Å². The minimum atomic E-state index is -0.0508. The number of carbonyl (C=O) groups is 1. The number of amides is 1. The molecule has 5 heteroatoms. The fourth-order valence-electron chi connectivity index (χ4n) is 2.20. The number of rotatable bonds is 5. The summed E-state index contributed by atoms with van der Waals surface area (Å²) in [6.45, 7) is 4.17. The molecule has 1 atom stereocenters. The number of nitrogens with zero attached hydrogens (tertiary/aromatic N) is 3. The van der Waals surface area contributed by atoms with Gasteiger partial charge in [-0.15, -0.1) is 0 Å². The van der Waals surface area contributed by atoms with Crippen molar-refractivity contribution in [1.29, 1.82) is 0 Å². The molecule has 0 saturated heterocycles. The Balaban J connectivity index is 2.15. The summed E-state index contributed by atoms with van der Waals surface area (Å²) in [6, 6.07) is 9.33. The van der Waals surface area contributed by atoms with Crippen molar-refractivity contribution in [2.45, 2.75) is 32.7 Å². The molecule has 1 unspecified atom stereocenters. The molecule has 0 fully saturated rings. The third kappa shape index (κ3) is 3.42. The second-order valence-corrected chi connectivity index (χ2v) is 5.29. The van der Waals surface area contributed by atoms with E-state index in [0.717, 1.165) is 18.5 Å². The zero-order valence-electron chi connectivity index (χ0n) is 12.8. The lowest BCUT2D eigenvalue weighted by molar-refractivity contribution is 0.0730. The molecule has 2 rings (SSSR count). The van der Waals surface area contributed by atoms with Crippen LogP contribution in [0.3, 0.4) is 0 Å². The van der Waals surface area contributed by atoms with Crippen LogP contribution < -0.4 is 5.73 Å². The summed E-state index contributed by atoms with van der Waals surface area (Å²) in [7, 11) is 1.82. The smallest absolute Gasteiger partial charge is 0.274 e. The molecule has 0 aliphatic heterocycles. The number of hydrogen-bond donors (Lipinski definition) is 1. The summed E-state index contributed by atoms with van der Waals surface area (Å²) in [5.41, 5.74) is 7.71. The van der Waals surface area contributed by atoms with Gasteiger partial charge in [0.15, 0.2) is 5.69 Å². The molecule has 1 aromatic carbocycles. The molecule has 1 amide bonds. The van der Waals surface area contributed by atoms with E-state index in [1.54, 1.807) is 21.8 Å². The lowest BCUT2D eigenvalue weighted by atomic mass is 10.1. The molecule has 0 aliphatic carbocycles. The molecule has 5 nitrogen and oxygen atoms in total. The Morgan fingerprint density at radius 3 is 2.62 bits per heavy atom. The Hall–Kier alpha value is -2.30. The Kier molecular flexibility index (Phi) is 4.62. The first-order valence-corrected chi connectivity index (χ1v) is 7.21. The highest BCUT2D eigenvalue weighted by Gasteiger charge is 2.19. The topological polar surface area (TPSA) is 64.2 Å². The maximum Gasteiger partial charge on any atom is 0.274 e. The van der Waals surface area contributed by atoms with Gasteiger partial charge in [0.25, 0.3) is 5.91 Å². The summed E-state index contributed by atoms with van der Waals surface area (Å²) < 4.78 is 1.69. The lowest BCUT2D eigenvalue weighted by Gasteiger charge is -2.23. The molecule has 0 bridgehead atoms. The van der Waals surface area contributed by atoms with Crippen LogP contribution in [0.25, 0.3) is 5.69 Å². The highest BCUT2D eigenvalue weighted by Crippen LogP contribution is 2.13. The van der Waals surface area contributed by atoms with Gasteiger partial charge in [-0.1, -0.05) is 13.3 Å². The number of hydrogen-bond acceptors (Lipinski definition) is 3. The van der Waals surface area contributed by atoms with E-state index >= 15 is 0 Å². The van der Waals surface area contributed by atoms with Crippen molar-refractivity contribution >= 4 is 11.6 Å². The van der Waals surface area contributed by atoms with Crippen LogP contribution in [-0.2, 0) is 0 Å². The fraction of sp³-hybridized carbons (Fsp3) is 0.375. The molecule has 2 aromatic rings. The molecule has 0 radical (unpaired) electrons. The molecule has 112 valence electrons. The summed E-state index contributed by atoms with van der Waals surface area (Å²) in [6.07, 6.45) is 3.83. The van der Waals surface area contributed by atoms with Crippen LogP contribution in [0.15, 0.2) is 36.5 Å². The number of benzene rings is 1. The maximum absolute atomic E-state index is 12.4. The largest absolute Gasteiger partial charge is 0.399 e. The Morgan fingerprint density at radius 1 is 1.33 bits per heavy atom. The highest BCUT2D eigenvalue weighted by molar-refractivity contribution is 5.92. The van der Waals surface area contributed by atoms with Crippen molar-refractivity contribution in [2.75, 3.05) is 12.8 Å². The summed E-state index contributed by atoms with van der Waals surface area (Å²) in [4.78, 5) is 14.1. The van der Waals surface area contributed by atoms with Crippen LogP contribution in [0, 0.1) is 0 Å². The van der Waals surface area contributed by atoms with Gasteiger partial charge in [0, 0.05) is 25.0 Å². The zero-order chi connectivity index (χ0) is 15.4. The Bertz CT molecular complexity index is 603. The lowest BCUT2D eigenvalue weighted by Crippen LogP contribution is -2.35. The molecule has 1 aromatic heterocycles. The van der Waals surface area contributed by atoms with Crippen molar-refractivity contribution in [1.82, 2.24) is 14.7 Å². The normalized spacial score (nSPS) is 12.1. The maximum atomic E-state index is 12.4. The van der Waals surface area contributed by atoms with E-state index in [4.69, 9.17) is 5.73 Å². The van der Waals surface area contributed by atoms with Crippen molar-refractivity contribution in [3.63, 3.8) is 0 Å². The molecule has 0 aliphatic rings. The van der Waals surface area contributed by atoms with Crippen molar-refractivity contribution in [2.24, 2.45) is 0 Å². The second kappa shape index (κ2) is 6.43. The fourth-order valence-corrected chi connectivity index (χ4v) is 2.20. The number of nitrogens with two attached hydrogens (primary N) is 1. The zero-order valence-corrected chi connectivity index (χ0v) is 12.8. The van der Waals surface area contributed by atoms with Gasteiger partial charge in [-0.3, -0.25) is 4.79 Å². The molecule has 1 heterocycles. The summed E-state index contributed by atoms with van der Waals surface area (Å²) in [5.74, 6) is -0.0508. The summed E-state index contributed by atoms with van der Waals surface area (Å²) >= 11 is 0. The summed E-state index contributed by atoms with van der Waals surface area (Å²) in [5, 5.41) is 4.36. The predicted molar refractivity (Wildman–Crippen MR) is 84.4 cm³/mol. The molecule has 0 saturated carbocycles. The van der Waals surface area contributed by atoms with Crippen LogP contribution in [-0.4, -0.2) is 33.7 Å². The first-order chi connectivity index (χ1) is 10.0. The van der Waals surface area contributed by atoms with E-state index < -0.39 is 0 Å². The second-order valence-electron chi connectivity index (χ2n) is 5.29. The minimum absolute atomic E-state index is 0.0508. The standard InChI is InChI=1S/C16H22N4O/c1-4-5-12(2)19(3)16(21)15-10-11-20(18-15)14-8-6-13(17)7-9-14/h6-12H,4-5,17H2,1-3H3. The average molecular weight is 286 g/mol. The van der Waals surface area contributed by atoms with Gasteiger partial charge in [0.2, 0.25) is 0 Å². The van der Waals surface area contributed by atoms with Gasteiger partial charge in [-0.05, 0) is 43.7 Å². The first kappa shape index (κ1) is 15.1. The quantitative estimate of drug-likeness (QED) is 0.859. The van der Waals surface area contributed by atoms with Crippen LogP contribution >= 0.6 is 0 Å². The van der Waals surface area contributed by atoms with Crippen LogP contribution in [0.4, 0.5) is 5.69 Å². The van der Waals surface area contributed by atoms with Crippen LogP contribution in [0.1, 0.15) is 37.2 Å². The van der Waals surface area contributed by atoms with Gasteiger partial charge >= 0.3 is 0 Å². The van der Waals surface area contributed by atoms with Gasteiger partial charge in [0.05, 0.1) is 5.69 Å². The SMILES string of the molecule is CCCC(C)N(C)C(=O)c1ccn(-c2ccc(N)cc2)n1. The van der Waals surface area contributed by atoms with Crippen LogP contribution in [0.5, 0.6) is 0 Å². The van der Waals surface area contributed by atoms with Gasteiger partial charge in [0.1, 0.15) is 0 Å². The average Bonchev–Trinajstić information content (AvgIpc) is 2.96. The van der Waals surface area contributed by atoms with E-state index in [1.807, 2.05) is 31.3 Å². The minimum Gasteiger partial charge on any atom is -0.399 e. The molecule has 2 N–H and O–H groups in total. The molecular weight excluding hydrogens is 264 g/mol. The van der Waals surface area contributed by atoms with Gasteiger partial charge in [-0.2, -0.15) is 5.10 Å². The highest BCUT2D eigenvalue weighted by atomic mass is 16.2. The van der Waals surface area contributed by atoms with E-state index in [0.29, 0.717) is 11.4 Å². The molecular formula is C16H22N4O. The predicted octanol–water partition coefficient (Wildman–Crippen LogP) is 2.72. The van der Waals surface area contributed by atoms with Crippen molar-refractivity contribution in [3.05, 3.63) is 42.2 Å². The Morgan fingerprint density at radius 2 is 2.00 bits per heavy atom. The monoisotopic (exact) mass is 286 g/mol. The molecule has 21 heavy (non-hydrogen) atoms. The van der Waals surface area contributed by atoms with E-state index in [2.05, 4.69) is 18.9 Å². The number of anilines is 1. The van der Waals surface area contributed by atoms with E-state index in [9.17, 15) is 4.79 Å². The van der Waals surface area contributed by atoms with Gasteiger partial charge in [-0.25, -0.2) is 4.68 Å². The van der Waals surface area contributed by atoms with Crippen molar-refractivity contribution < 1.29 is 4.79 Å². The first-order valence-electron chi connectivity index (χ1n) is 7.21. The Labute approximate surface area is 125 Å². The number of nitrogen functional groups attached to an aromatic ring is 1. The van der Waals surface area contributed by atoms with Crippen molar-refractivity contribution in [3.8, 4) is 5.69 Å². The number of carbonyl (C=O) groups excluding carboxylic acids is 1. The van der Waals surface area contributed by atoms with E-state index in [-0.39, 0.29) is 11.9 Å².